The van der Waals surface area contributed by atoms with E-state index >= 15 is 0 Å². The molecule has 3 aliphatic heterocycles. The van der Waals surface area contributed by atoms with Crippen LogP contribution >= 0.6 is 11.8 Å². The van der Waals surface area contributed by atoms with Crippen molar-refractivity contribution in [2.24, 2.45) is 4.99 Å². The standard InChI is InChI=1S/C17H17F3N2O4S2/c18-17(19,20)10-4-1-2-5-11(10)22-12-8-28(24,25)9-14(12)27-16(22)21-15(23)13-6-3-7-26-13/h1-2,4-5,12-14H,3,6-9H2/t12-,13+,14+/m1/s1. The number of hydrogen-bond donors (Lipinski definition) is 0. The quantitative estimate of drug-likeness (QED) is 0.712. The number of carbonyl (C=O) groups excluding carboxylic acids is 1. The van der Waals surface area contributed by atoms with Crippen LogP contribution in [0.5, 0.6) is 0 Å². The molecule has 152 valence electrons. The number of amides is 1. The Hall–Kier alpha value is -1.59. The highest BCUT2D eigenvalue weighted by Crippen LogP contribution is 2.45. The van der Waals surface area contributed by atoms with Gasteiger partial charge >= 0.3 is 6.18 Å². The van der Waals surface area contributed by atoms with Crippen LogP contribution in [0.1, 0.15) is 18.4 Å². The van der Waals surface area contributed by atoms with E-state index in [1.165, 1.54) is 23.1 Å². The Morgan fingerprint density at radius 2 is 2.00 bits per heavy atom. The minimum absolute atomic E-state index is 0.0992. The van der Waals surface area contributed by atoms with Crippen molar-refractivity contribution in [2.75, 3.05) is 23.0 Å². The third-order valence-corrected chi connectivity index (χ3v) is 8.16. The minimum atomic E-state index is -4.62. The van der Waals surface area contributed by atoms with Gasteiger partial charge in [-0.15, -0.1) is 0 Å². The highest BCUT2D eigenvalue weighted by Gasteiger charge is 2.51. The molecule has 3 heterocycles. The minimum Gasteiger partial charge on any atom is -0.368 e. The zero-order valence-electron chi connectivity index (χ0n) is 14.6. The van der Waals surface area contributed by atoms with Gasteiger partial charge < -0.3 is 9.64 Å². The van der Waals surface area contributed by atoms with Crippen LogP contribution in [0.3, 0.4) is 0 Å². The van der Waals surface area contributed by atoms with Gasteiger partial charge in [0, 0.05) is 11.9 Å². The van der Waals surface area contributed by atoms with Crippen molar-refractivity contribution in [1.82, 2.24) is 0 Å². The maximum atomic E-state index is 13.6. The Balaban J connectivity index is 1.77. The van der Waals surface area contributed by atoms with Crippen molar-refractivity contribution < 1.29 is 31.1 Å². The SMILES string of the molecule is O=C(N=C1S[C@H]2CS(=O)(=O)C[C@H]2N1c1ccccc1C(F)(F)F)[C@@H]1CCCO1. The van der Waals surface area contributed by atoms with E-state index in [9.17, 15) is 26.4 Å². The largest absolute Gasteiger partial charge is 0.418 e. The van der Waals surface area contributed by atoms with Gasteiger partial charge in [-0.1, -0.05) is 23.9 Å². The van der Waals surface area contributed by atoms with Gasteiger partial charge in [-0.05, 0) is 25.0 Å². The molecule has 0 aliphatic carbocycles. The zero-order chi connectivity index (χ0) is 20.1. The number of aliphatic imine (C=N–C) groups is 1. The zero-order valence-corrected chi connectivity index (χ0v) is 16.2. The lowest BCUT2D eigenvalue weighted by Gasteiger charge is -2.27. The number of rotatable bonds is 2. The molecular formula is C17H17F3N2O4S2. The van der Waals surface area contributed by atoms with Gasteiger partial charge in [0.1, 0.15) is 6.10 Å². The molecule has 0 N–H and O–H groups in total. The fraction of sp³-hybridized carbons (Fsp3) is 0.529. The lowest BCUT2D eigenvalue weighted by molar-refractivity contribution is -0.137. The maximum absolute atomic E-state index is 13.6. The molecule has 6 nitrogen and oxygen atoms in total. The molecule has 3 fully saturated rings. The molecule has 1 aromatic rings. The predicted molar refractivity (Wildman–Crippen MR) is 99.2 cm³/mol. The second-order valence-electron chi connectivity index (χ2n) is 6.92. The van der Waals surface area contributed by atoms with Crippen molar-refractivity contribution in [1.29, 1.82) is 0 Å². The van der Waals surface area contributed by atoms with Crippen LogP contribution in [-0.4, -0.2) is 55.0 Å². The number of amidine groups is 1. The van der Waals surface area contributed by atoms with Crippen molar-refractivity contribution in [2.45, 2.75) is 36.4 Å². The first-order valence-electron chi connectivity index (χ1n) is 8.72. The lowest BCUT2D eigenvalue weighted by Crippen LogP contribution is -2.39. The summed E-state index contributed by atoms with van der Waals surface area (Å²) in [7, 11) is -3.37. The number of halogens is 3. The molecular weight excluding hydrogens is 417 g/mol. The summed E-state index contributed by atoms with van der Waals surface area (Å²) in [6.45, 7) is 0.443. The number of ether oxygens (including phenoxy) is 1. The fourth-order valence-corrected chi connectivity index (χ4v) is 7.62. The van der Waals surface area contributed by atoms with Crippen molar-refractivity contribution in [3.8, 4) is 0 Å². The van der Waals surface area contributed by atoms with Gasteiger partial charge in [0.25, 0.3) is 5.91 Å². The highest BCUT2D eigenvalue weighted by atomic mass is 32.2. The van der Waals surface area contributed by atoms with Crippen LogP contribution in [0.25, 0.3) is 0 Å². The Labute approximate surface area is 164 Å². The summed E-state index contributed by atoms with van der Waals surface area (Å²) in [4.78, 5) is 17.7. The molecule has 0 unspecified atom stereocenters. The van der Waals surface area contributed by atoms with Crippen molar-refractivity contribution in [3.63, 3.8) is 0 Å². The Morgan fingerprint density at radius 3 is 2.68 bits per heavy atom. The summed E-state index contributed by atoms with van der Waals surface area (Å²) >= 11 is 1.05. The number of thioether (sulfide) groups is 1. The second kappa shape index (κ2) is 7.03. The Morgan fingerprint density at radius 1 is 1.25 bits per heavy atom. The first-order chi connectivity index (χ1) is 13.2. The molecule has 3 atom stereocenters. The van der Waals surface area contributed by atoms with Crippen LogP contribution in [-0.2, 0) is 25.5 Å². The molecule has 3 saturated heterocycles. The molecule has 0 saturated carbocycles. The second-order valence-corrected chi connectivity index (χ2v) is 10.3. The van der Waals surface area contributed by atoms with E-state index in [0.29, 0.717) is 13.0 Å². The van der Waals surface area contributed by atoms with Gasteiger partial charge in [-0.2, -0.15) is 18.2 Å². The lowest BCUT2D eigenvalue weighted by atomic mass is 10.1. The third-order valence-electron chi connectivity index (χ3n) is 4.95. The number of nitrogens with zero attached hydrogens (tertiary/aromatic N) is 2. The van der Waals surface area contributed by atoms with E-state index in [0.717, 1.165) is 24.2 Å². The number of hydrogen-bond acceptors (Lipinski definition) is 5. The number of fused-ring (bicyclic) bond motifs is 1. The van der Waals surface area contributed by atoms with Crippen LogP contribution in [0.2, 0.25) is 0 Å². The Kier molecular flexibility index (Phi) is 4.95. The van der Waals surface area contributed by atoms with Gasteiger partial charge in [0.05, 0.1) is 28.8 Å². The molecule has 0 radical (unpaired) electrons. The fourth-order valence-electron chi connectivity index (χ4n) is 3.71. The summed E-state index contributed by atoms with van der Waals surface area (Å²) in [6, 6.07) is 4.24. The molecule has 0 aromatic heterocycles. The van der Waals surface area contributed by atoms with Gasteiger partial charge in [-0.25, -0.2) is 8.42 Å². The average molecular weight is 434 g/mol. The normalized spacial score (nSPS) is 30.8. The molecule has 0 spiro atoms. The Bertz CT molecular complexity index is 927. The predicted octanol–water partition coefficient (Wildman–Crippen LogP) is 2.49. The van der Waals surface area contributed by atoms with E-state index in [1.807, 2.05) is 0 Å². The first-order valence-corrected chi connectivity index (χ1v) is 11.4. The summed E-state index contributed by atoms with van der Waals surface area (Å²) in [6.07, 6.45) is -4.09. The van der Waals surface area contributed by atoms with Crippen LogP contribution in [0.15, 0.2) is 29.3 Å². The summed E-state index contributed by atoms with van der Waals surface area (Å²) in [5.41, 5.74) is -1.08. The summed E-state index contributed by atoms with van der Waals surface area (Å²) in [5.74, 6) is -0.971. The monoisotopic (exact) mass is 434 g/mol. The maximum Gasteiger partial charge on any atom is 0.418 e. The molecule has 4 rings (SSSR count). The molecule has 1 amide bonds. The molecule has 1 aromatic carbocycles. The third kappa shape index (κ3) is 3.67. The van der Waals surface area contributed by atoms with Gasteiger partial charge in [0.2, 0.25) is 0 Å². The van der Waals surface area contributed by atoms with Crippen molar-refractivity contribution >= 4 is 38.4 Å². The van der Waals surface area contributed by atoms with Crippen LogP contribution in [0.4, 0.5) is 18.9 Å². The van der Waals surface area contributed by atoms with Crippen LogP contribution in [0, 0.1) is 0 Å². The number of alkyl halides is 3. The molecule has 0 bridgehead atoms. The van der Waals surface area contributed by atoms with Crippen molar-refractivity contribution in [3.05, 3.63) is 29.8 Å². The van der Waals surface area contributed by atoms with Gasteiger partial charge in [0.15, 0.2) is 15.0 Å². The number of para-hydroxylation sites is 1. The van der Waals surface area contributed by atoms with E-state index in [-0.39, 0.29) is 22.4 Å². The molecule has 28 heavy (non-hydrogen) atoms. The van der Waals surface area contributed by atoms with E-state index in [1.54, 1.807) is 0 Å². The average Bonchev–Trinajstić information content (AvgIpc) is 3.28. The smallest absolute Gasteiger partial charge is 0.368 e. The summed E-state index contributed by atoms with van der Waals surface area (Å²) < 4.78 is 70.1. The number of carbonyl (C=O) groups is 1. The molecule has 11 heteroatoms. The first kappa shape index (κ1) is 19.7. The highest BCUT2D eigenvalue weighted by molar-refractivity contribution is 8.16. The van der Waals surface area contributed by atoms with E-state index in [2.05, 4.69) is 4.99 Å². The van der Waals surface area contributed by atoms with E-state index < -0.39 is 44.9 Å². The number of sulfone groups is 1. The number of anilines is 1. The molecule has 3 aliphatic rings. The summed E-state index contributed by atoms with van der Waals surface area (Å²) in [5, 5.41) is -0.371. The van der Waals surface area contributed by atoms with E-state index in [4.69, 9.17) is 4.74 Å². The number of benzene rings is 1. The van der Waals surface area contributed by atoms with Gasteiger partial charge in [-0.3, -0.25) is 4.79 Å². The topological polar surface area (TPSA) is 76.0 Å². The van der Waals surface area contributed by atoms with Crippen LogP contribution < -0.4 is 4.90 Å².